The molecule has 0 saturated carbocycles. The monoisotopic (exact) mass is 1760 g/mol. The molecule has 9 N–H and O–H groups in total. The molecule has 0 radical (unpaired) electrons. The van der Waals surface area contributed by atoms with E-state index in [4.69, 9.17) is 48.4 Å². The fraction of sp³-hybridized carbons (Fsp3) is 0.522. The van der Waals surface area contributed by atoms with Crippen LogP contribution in [0.1, 0.15) is 125 Å². The van der Waals surface area contributed by atoms with Crippen LogP contribution in [-0.4, -0.2) is 241 Å². The summed E-state index contributed by atoms with van der Waals surface area (Å²) in [6, 6.07) is 30.2. The second-order valence-corrected chi connectivity index (χ2v) is 33.7. The number of benzene rings is 5. The zero-order chi connectivity index (χ0) is 90.9. The van der Waals surface area contributed by atoms with Gasteiger partial charge in [-0.3, -0.25) is 48.1 Å². The molecule has 678 valence electrons. The molecule has 124 heavy (non-hydrogen) atoms. The number of imide groups is 1. The maximum atomic E-state index is 14.9. The Balaban J connectivity index is 0.849. The molecule has 2 aliphatic heterocycles. The van der Waals surface area contributed by atoms with E-state index < -0.39 is 144 Å². The minimum atomic E-state index is -1.17. The van der Waals surface area contributed by atoms with Crippen LogP contribution in [0, 0.1) is 29.6 Å². The van der Waals surface area contributed by atoms with Gasteiger partial charge in [-0.25, -0.2) is 14.5 Å². The van der Waals surface area contributed by atoms with Crippen LogP contribution < -0.4 is 56.7 Å². The van der Waals surface area contributed by atoms with Gasteiger partial charge < -0.3 is 95.2 Å². The van der Waals surface area contributed by atoms with Crippen molar-refractivity contribution in [2.75, 3.05) is 112 Å². The van der Waals surface area contributed by atoms with Crippen molar-refractivity contribution in [2.45, 2.75) is 185 Å². The molecule has 12 atom stereocenters. The summed E-state index contributed by atoms with van der Waals surface area (Å²) in [6.45, 7) is 18.5. The lowest BCUT2D eigenvalue weighted by Gasteiger charge is -2.41. The number of ether oxygens (including phenoxy) is 9. The molecule has 12 amide bonds. The third kappa shape index (κ3) is 28.9. The van der Waals surface area contributed by atoms with E-state index in [-0.39, 0.29) is 123 Å². The number of nitrogens with one attached hydrogen (secondary N) is 6. The molecule has 0 aliphatic carbocycles. The first-order valence-corrected chi connectivity index (χ1v) is 43.5. The first kappa shape index (κ1) is 101. The number of thioether (sulfide) groups is 2. The van der Waals surface area contributed by atoms with Crippen molar-refractivity contribution in [3.05, 3.63) is 148 Å². The van der Waals surface area contributed by atoms with Crippen LogP contribution in [0.25, 0.3) is 0 Å². The summed E-state index contributed by atoms with van der Waals surface area (Å²) >= 11 is 2.43. The van der Waals surface area contributed by atoms with Crippen LogP contribution in [0.15, 0.2) is 147 Å². The second kappa shape index (κ2) is 50.6. The van der Waals surface area contributed by atoms with Crippen molar-refractivity contribution in [3.63, 3.8) is 0 Å². The van der Waals surface area contributed by atoms with Crippen molar-refractivity contribution in [1.29, 1.82) is 0 Å². The number of hydrogen-bond donors (Lipinski definition) is 8. The summed E-state index contributed by atoms with van der Waals surface area (Å²) in [4.78, 5) is 160. The predicted octanol–water partition coefficient (Wildman–Crippen LogP) is 9.41. The first-order valence-electron chi connectivity index (χ1n) is 41.9. The minimum absolute atomic E-state index is 0.0204. The van der Waals surface area contributed by atoms with Gasteiger partial charge in [0.25, 0.3) is 11.8 Å². The molecule has 32 nitrogen and oxygen atoms in total. The van der Waals surface area contributed by atoms with E-state index in [0.717, 1.165) is 14.7 Å². The highest BCUT2D eigenvalue weighted by molar-refractivity contribution is 8.08. The summed E-state index contributed by atoms with van der Waals surface area (Å²) in [5.41, 5.74) is 7.01. The van der Waals surface area contributed by atoms with Crippen LogP contribution in [0.4, 0.5) is 21.0 Å². The van der Waals surface area contributed by atoms with E-state index in [0.29, 0.717) is 42.6 Å². The Hall–Kier alpha value is -10.3. The molecule has 2 heterocycles. The number of carbonyl (C=O) groups is 11. The number of rotatable bonds is 51. The van der Waals surface area contributed by atoms with Crippen molar-refractivity contribution in [3.8, 4) is 17.2 Å². The van der Waals surface area contributed by atoms with Crippen LogP contribution in [0.5, 0.6) is 17.2 Å². The average molecular weight is 1760 g/mol. The molecule has 0 aromatic heterocycles. The summed E-state index contributed by atoms with van der Waals surface area (Å²) in [5.74, 6) is -6.09. The Morgan fingerprint density at radius 2 is 1.18 bits per heavy atom. The number of primary amides is 1. The van der Waals surface area contributed by atoms with Gasteiger partial charge in [-0.1, -0.05) is 171 Å². The quantitative estimate of drug-likeness (QED) is 0.0133. The zero-order valence-corrected chi connectivity index (χ0v) is 75.5. The molecule has 0 bridgehead atoms. The van der Waals surface area contributed by atoms with Crippen molar-refractivity contribution < 1.29 is 100 Å². The molecule has 0 spiro atoms. The predicted molar refractivity (Wildman–Crippen MR) is 471 cm³/mol. The number of hydrogen-bond acceptors (Lipinski definition) is 23. The van der Waals surface area contributed by atoms with Gasteiger partial charge in [0.1, 0.15) is 44.0 Å². The highest BCUT2D eigenvalue weighted by atomic mass is 32.2. The number of nitrogens with two attached hydrogens (primary N) is 1. The van der Waals surface area contributed by atoms with E-state index in [1.54, 1.807) is 109 Å². The molecule has 1 saturated heterocycles. The lowest BCUT2D eigenvalue weighted by atomic mass is 9.89. The number of aliphatic hydroxyl groups is 1. The maximum absolute atomic E-state index is 14.9. The van der Waals surface area contributed by atoms with Crippen molar-refractivity contribution in [2.24, 2.45) is 35.3 Å². The number of nitrogens with zero attached hydrogens (tertiary/aromatic N) is 4. The normalized spacial score (nSPS) is 16.1. The largest absolute Gasteiger partial charge is 0.493 e. The van der Waals surface area contributed by atoms with Gasteiger partial charge in [0.05, 0.1) is 112 Å². The molecule has 1 unspecified atom stereocenters. The molecule has 5 aromatic carbocycles. The van der Waals surface area contributed by atoms with Crippen LogP contribution in [-0.2, 0) is 78.2 Å². The number of carbonyl (C=O) groups excluding carboxylic acids is 11. The lowest BCUT2D eigenvalue weighted by molar-refractivity contribution is -0.148. The zero-order valence-electron chi connectivity index (χ0n) is 73.9. The molecule has 2 aliphatic rings. The van der Waals surface area contributed by atoms with E-state index in [1.807, 2.05) is 92.7 Å². The Kier molecular flexibility index (Phi) is 41.1. The summed E-state index contributed by atoms with van der Waals surface area (Å²) < 4.78 is 52.2. The maximum Gasteiger partial charge on any atom is 0.410 e. The third-order valence-corrected chi connectivity index (χ3v) is 23.9. The van der Waals surface area contributed by atoms with Crippen LogP contribution in [0.3, 0.4) is 0 Å². The second-order valence-electron chi connectivity index (χ2n) is 31.5. The summed E-state index contributed by atoms with van der Waals surface area (Å²) in [5, 5.41) is 27.6. The SMILES string of the molecule is CCC(C)[C@@H]([C@@H](CC(=O)N1CCC[C@H]1[C@H](OC)[C@@H](C)C(=O)N[C@H](C)[C@@H](O)c1ccccc1)OC)N(C)C(=O)[C@@H](NC(=O)[C@H](C(C)C)N(C)C(=O)OCc1ccc(NC(=O)[C@H](CCCNC(N)=O)NC(=O)[C@@H](NC(=O)COCCOCCOCCOc2c(OC)cc(N3C(=O)C(Sc4ccccc4)=C(Sc4ccccc4)C3=O)cc2OC)C(C)C)cc1)C(C)C. The van der Waals surface area contributed by atoms with E-state index in [1.165, 1.54) is 76.0 Å². The van der Waals surface area contributed by atoms with E-state index in [2.05, 4.69) is 31.9 Å². The highest BCUT2D eigenvalue weighted by Crippen LogP contribution is 2.48. The number of urea groups is 1. The van der Waals surface area contributed by atoms with Gasteiger partial charge in [-0.05, 0) is 104 Å². The summed E-state index contributed by atoms with van der Waals surface area (Å²) in [6.07, 6.45) is -1.23. The number of likely N-dealkylation sites (tertiary alicyclic amines) is 1. The highest BCUT2D eigenvalue weighted by Gasteiger charge is 2.46. The smallest absolute Gasteiger partial charge is 0.410 e. The number of methoxy groups -OCH3 is 4. The van der Waals surface area contributed by atoms with Gasteiger partial charge >= 0.3 is 12.1 Å². The number of amides is 12. The van der Waals surface area contributed by atoms with Gasteiger partial charge in [0.2, 0.25) is 47.1 Å². The molecular weight excluding hydrogens is 1640 g/mol. The van der Waals surface area contributed by atoms with Gasteiger partial charge in [0.15, 0.2) is 11.5 Å². The number of aliphatic hydroxyl groups excluding tert-OH is 1. The summed E-state index contributed by atoms with van der Waals surface area (Å²) in [7, 11) is 8.93. The number of anilines is 2. The molecule has 1 fully saturated rings. The van der Waals surface area contributed by atoms with Crippen LogP contribution in [0.2, 0.25) is 0 Å². The molecular formula is C90H125N11O21S2. The van der Waals surface area contributed by atoms with Crippen molar-refractivity contribution in [1.82, 2.24) is 41.3 Å². The number of likely N-dealkylation sites (N-methyl/N-ethyl adjacent to an activating group) is 2. The van der Waals surface area contributed by atoms with E-state index >= 15 is 0 Å². The Morgan fingerprint density at radius 1 is 0.621 bits per heavy atom. The first-order chi connectivity index (χ1) is 59.3. The van der Waals surface area contributed by atoms with Gasteiger partial charge in [-0.15, -0.1) is 0 Å². The lowest BCUT2D eigenvalue weighted by Crippen LogP contribution is -2.60. The van der Waals surface area contributed by atoms with Crippen LogP contribution >= 0.6 is 23.5 Å². The average Bonchev–Trinajstić information content (AvgIpc) is 1.60. The standard InChI is InChI=1S/C90H125N11O21S2/c1-17-57(8)76(68(114-13)51-72(103)100-42-28-36-67(100)78(117-16)58(9)82(105)93-59(10)77(104)61-29-21-18-22-30-61)98(11)86(109)74(55(4)5)97-85(108)75(56(6)7)99(12)90(113)122-52-60-37-39-62(40-38-60)94-83(106)66(35-27-41-92-89(91)112)95-84(107)73(54(2)3)96-71(102)53-120-46-45-118-43-44-119-47-48-121-79-69(115-14)49-63(50-70(79)116-15)101-87(110)80(123-64-31-23-19-24-32-64)81(88(101)111)124-65-33-25-20-26-34-65/h18-26,29-34,37-40,49-50,54-59,66-68,73-78,104H,17,27-28,35-36,41-48,51-53H2,1-16H3,(H,93,105)(H,94,106)(H,95,107)(H,96,102)(H,97,108)(H3,91,92,112)/t57?,58-,59-,66+,67+,68-,73+,74+,75+,76+,77-,78-/m1/s1. The van der Waals surface area contributed by atoms with Gasteiger partial charge in [0, 0.05) is 69.0 Å². The van der Waals surface area contributed by atoms with Crippen molar-refractivity contribution >= 4 is 100 Å². The minimum Gasteiger partial charge on any atom is -0.493 e. The Morgan fingerprint density at radius 3 is 1.70 bits per heavy atom. The fourth-order valence-corrected chi connectivity index (χ4v) is 16.7. The Bertz CT molecular complexity index is 4270. The molecule has 5 aromatic rings. The third-order valence-electron chi connectivity index (χ3n) is 21.6. The Labute approximate surface area is 735 Å². The molecule has 34 heteroatoms. The topological polar surface area (TPSA) is 402 Å². The van der Waals surface area contributed by atoms with E-state index in [9.17, 15) is 57.8 Å². The molecule has 7 rings (SSSR count). The van der Waals surface area contributed by atoms with Gasteiger partial charge in [-0.2, -0.15) is 0 Å². The fourth-order valence-electron chi connectivity index (χ4n) is 14.7.